The van der Waals surface area contributed by atoms with Crippen LogP contribution in [-0.4, -0.2) is 62.0 Å². The number of hydrogen-bond acceptors (Lipinski definition) is 7. The minimum Gasteiger partial charge on any atom is -0.365 e. The molecule has 10 nitrogen and oxygen atoms in total. The molecule has 2 aromatic heterocycles. The molecular weight excluding hydrogens is 456 g/mol. The minimum atomic E-state index is -0.297. The van der Waals surface area contributed by atoms with Gasteiger partial charge in [0, 0.05) is 49.6 Å². The summed E-state index contributed by atoms with van der Waals surface area (Å²) < 4.78 is 1.57. The van der Waals surface area contributed by atoms with Gasteiger partial charge < -0.3 is 9.80 Å². The summed E-state index contributed by atoms with van der Waals surface area (Å²) in [6, 6.07) is 16.2. The van der Waals surface area contributed by atoms with Gasteiger partial charge in [0.2, 0.25) is 17.8 Å². The van der Waals surface area contributed by atoms with E-state index in [1.165, 1.54) is 11.3 Å². The largest absolute Gasteiger partial charge is 0.365 e. The van der Waals surface area contributed by atoms with Gasteiger partial charge in [-0.15, -0.1) is 5.10 Å². The van der Waals surface area contributed by atoms with Crippen LogP contribution >= 0.6 is 0 Å². The Morgan fingerprint density at radius 3 is 2.67 bits per heavy atom. The van der Waals surface area contributed by atoms with Gasteiger partial charge in [-0.1, -0.05) is 24.3 Å². The zero-order chi connectivity index (χ0) is 25.2. The molecule has 0 aliphatic carbocycles. The molecule has 3 heterocycles. The first kappa shape index (κ1) is 23.5. The van der Waals surface area contributed by atoms with Gasteiger partial charge in [0.15, 0.2) is 5.65 Å². The van der Waals surface area contributed by atoms with E-state index in [4.69, 9.17) is 0 Å². The number of rotatable bonds is 6. The average molecular weight is 487 g/mol. The highest BCUT2D eigenvalue weighted by molar-refractivity contribution is 5.92. The number of carbonyl (C=O) groups is 2. The van der Waals surface area contributed by atoms with Crippen LogP contribution in [0.1, 0.15) is 31.2 Å². The van der Waals surface area contributed by atoms with Gasteiger partial charge in [-0.2, -0.15) is 4.52 Å². The van der Waals surface area contributed by atoms with Gasteiger partial charge in [0.05, 0.1) is 5.52 Å². The standard InChI is InChI=1S/C26H30N8O2/c1-17-7-6-8-20(15-17)33-14-13-32(16-18(33)2)24(36)12-11-23(35)29-30-26-28-22-10-5-4-9-21(22)25-27-19(3)31-34(25)26/h4-10,15,18H,11-14,16H2,1-3H3,(H,28,30)(H,29,35)/t18-/m0/s1. The van der Waals surface area contributed by atoms with Gasteiger partial charge in [-0.25, -0.2) is 9.97 Å². The number of anilines is 2. The molecule has 4 aromatic rings. The first-order valence-electron chi connectivity index (χ1n) is 12.2. The summed E-state index contributed by atoms with van der Waals surface area (Å²) >= 11 is 0. The lowest BCUT2D eigenvalue weighted by atomic mass is 10.1. The number of hydrazine groups is 1. The lowest BCUT2D eigenvalue weighted by molar-refractivity contribution is -0.134. The van der Waals surface area contributed by atoms with Crippen molar-refractivity contribution in [2.45, 2.75) is 39.7 Å². The van der Waals surface area contributed by atoms with Crippen LogP contribution in [0.4, 0.5) is 11.6 Å². The molecule has 1 fully saturated rings. The van der Waals surface area contributed by atoms with Crippen molar-refractivity contribution in [1.82, 2.24) is 29.9 Å². The van der Waals surface area contributed by atoms with Gasteiger partial charge in [0.25, 0.3) is 0 Å². The number of benzene rings is 2. The molecule has 2 amide bonds. The lowest BCUT2D eigenvalue weighted by Crippen LogP contribution is -2.53. The summed E-state index contributed by atoms with van der Waals surface area (Å²) in [6.07, 6.45) is 0.221. The number of piperazine rings is 1. The van der Waals surface area contributed by atoms with Crippen LogP contribution in [0.3, 0.4) is 0 Å². The number of fused-ring (bicyclic) bond motifs is 3. The van der Waals surface area contributed by atoms with Crippen LogP contribution in [0.15, 0.2) is 48.5 Å². The molecule has 2 aromatic carbocycles. The van der Waals surface area contributed by atoms with Gasteiger partial charge in [-0.3, -0.25) is 20.4 Å². The number of carbonyl (C=O) groups excluding carboxylic acids is 2. The van der Waals surface area contributed by atoms with Crippen molar-refractivity contribution in [2.24, 2.45) is 0 Å². The van der Waals surface area contributed by atoms with Crippen molar-refractivity contribution in [2.75, 3.05) is 30.0 Å². The summed E-state index contributed by atoms with van der Waals surface area (Å²) in [4.78, 5) is 38.6. The van der Waals surface area contributed by atoms with Crippen molar-refractivity contribution in [1.29, 1.82) is 0 Å². The molecule has 2 N–H and O–H groups in total. The van der Waals surface area contributed by atoms with E-state index >= 15 is 0 Å². The van der Waals surface area contributed by atoms with Gasteiger partial charge >= 0.3 is 0 Å². The van der Waals surface area contributed by atoms with E-state index in [-0.39, 0.29) is 30.7 Å². The molecule has 0 bridgehead atoms. The third-order valence-corrected chi connectivity index (χ3v) is 6.48. The number of hydrogen-bond donors (Lipinski definition) is 2. The predicted molar refractivity (Wildman–Crippen MR) is 139 cm³/mol. The summed E-state index contributed by atoms with van der Waals surface area (Å²) in [5.41, 5.74) is 9.29. The zero-order valence-corrected chi connectivity index (χ0v) is 20.7. The quantitative estimate of drug-likeness (QED) is 0.404. The van der Waals surface area contributed by atoms with Gasteiger partial charge in [-0.05, 0) is 50.6 Å². The van der Waals surface area contributed by atoms with Crippen molar-refractivity contribution in [3.63, 3.8) is 0 Å². The predicted octanol–water partition coefficient (Wildman–Crippen LogP) is 2.85. The van der Waals surface area contributed by atoms with E-state index in [0.29, 0.717) is 30.5 Å². The van der Waals surface area contributed by atoms with Crippen molar-refractivity contribution >= 4 is 40.0 Å². The average Bonchev–Trinajstić information content (AvgIpc) is 3.27. The zero-order valence-electron chi connectivity index (χ0n) is 20.7. The molecule has 0 radical (unpaired) electrons. The Bertz CT molecular complexity index is 1430. The maximum Gasteiger partial charge on any atom is 0.245 e. The number of aryl methyl sites for hydroxylation is 2. The molecule has 10 heteroatoms. The lowest BCUT2D eigenvalue weighted by Gasteiger charge is -2.41. The Morgan fingerprint density at radius 2 is 1.86 bits per heavy atom. The van der Waals surface area contributed by atoms with Crippen molar-refractivity contribution in [3.05, 3.63) is 59.9 Å². The summed E-state index contributed by atoms with van der Waals surface area (Å²) in [5, 5.41) is 5.25. The van der Waals surface area contributed by atoms with Crippen molar-refractivity contribution in [3.8, 4) is 0 Å². The fraction of sp³-hybridized carbons (Fsp3) is 0.346. The Hall–Kier alpha value is -4.21. The molecule has 5 rings (SSSR count). The summed E-state index contributed by atoms with van der Waals surface area (Å²) in [7, 11) is 0. The highest BCUT2D eigenvalue weighted by atomic mass is 16.2. The SMILES string of the molecule is Cc1cccc(N2CCN(C(=O)CCC(=O)NNc3nc4ccccc4c4nc(C)nn34)C[C@@H]2C)c1. The Kier molecular flexibility index (Phi) is 6.41. The highest BCUT2D eigenvalue weighted by Crippen LogP contribution is 2.22. The van der Waals surface area contributed by atoms with Crippen LogP contribution in [0.25, 0.3) is 16.6 Å². The topological polar surface area (TPSA) is 108 Å². The molecule has 1 aliphatic rings. The molecular formula is C26H30N8O2. The fourth-order valence-corrected chi connectivity index (χ4v) is 4.68. The van der Waals surface area contributed by atoms with Crippen LogP contribution in [0, 0.1) is 13.8 Å². The first-order valence-corrected chi connectivity index (χ1v) is 12.2. The molecule has 1 aliphatic heterocycles. The molecule has 36 heavy (non-hydrogen) atoms. The Labute approximate surface area is 209 Å². The fourth-order valence-electron chi connectivity index (χ4n) is 4.68. The monoisotopic (exact) mass is 486 g/mol. The molecule has 0 saturated carbocycles. The van der Waals surface area contributed by atoms with Crippen molar-refractivity contribution < 1.29 is 9.59 Å². The minimum absolute atomic E-state index is 0.0148. The highest BCUT2D eigenvalue weighted by Gasteiger charge is 2.27. The number of nitrogens with one attached hydrogen (secondary N) is 2. The third kappa shape index (κ3) is 4.79. The summed E-state index contributed by atoms with van der Waals surface area (Å²) in [5.74, 6) is 0.642. The second kappa shape index (κ2) is 9.80. The number of para-hydroxylation sites is 1. The molecule has 1 saturated heterocycles. The van der Waals surface area contributed by atoms with E-state index in [9.17, 15) is 9.59 Å². The molecule has 186 valence electrons. The van der Waals surface area contributed by atoms with Crippen LogP contribution in [0.5, 0.6) is 0 Å². The van der Waals surface area contributed by atoms with Crippen LogP contribution in [-0.2, 0) is 9.59 Å². The number of aromatic nitrogens is 4. The number of nitrogens with zero attached hydrogens (tertiary/aromatic N) is 6. The molecule has 0 spiro atoms. The number of amides is 2. The Balaban J connectivity index is 1.16. The smallest absolute Gasteiger partial charge is 0.245 e. The normalized spacial score (nSPS) is 15.9. The maximum atomic E-state index is 12.8. The van der Waals surface area contributed by atoms with E-state index in [1.54, 1.807) is 11.4 Å². The second-order valence-corrected chi connectivity index (χ2v) is 9.24. The van der Waals surface area contributed by atoms with Gasteiger partial charge in [0.1, 0.15) is 5.82 Å². The van der Waals surface area contributed by atoms with E-state index in [1.807, 2.05) is 29.2 Å². The second-order valence-electron chi connectivity index (χ2n) is 9.24. The van der Waals surface area contributed by atoms with E-state index in [2.05, 4.69) is 68.9 Å². The van der Waals surface area contributed by atoms with Crippen LogP contribution < -0.4 is 15.8 Å². The van der Waals surface area contributed by atoms with E-state index in [0.717, 1.165) is 17.4 Å². The molecule has 1 atom stereocenters. The Morgan fingerprint density at radius 1 is 1.03 bits per heavy atom. The first-order chi connectivity index (χ1) is 17.4. The molecule has 0 unspecified atom stereocenters. The van der Waals surface area contributed by atoms with E-state index < -0.39 is 0 Å². The van der Waals surface area contributed by atoms with Crippen LogP contribution in [0.2, 0.25) is 0 Å². The summed E-state index contributed by atoms with van der Waals surface area (Å²) in [6.45, 7) is 8.06. The third-order valence-electron chi connectivity index (χ3n) is 6.48. The maximum absolute atomic E-state index is 12.8.